The Balaban J connectivity index is 2.08. The normalized spacial score (nSPS) is 22.2. The summed E-state index contributed by atoms with van der Waals surface area (Å²) in [6, 6.07) is 0. The van der Waals surface area contributed by atoms with Crippen LogP contribution >= 0.6 is 0 Å². The van der Waals surface area contributed by atoms with Crippen molar-refractivity contribution in [1.29, 1.82) is 0 Å². The van der Waals surface area contributed by atoms with Crippen LogP contribution in [0.5, 0.6) is 0 Å². The first-order valence-electron chi connectivity index (χ1n) is 3.77. The van der Waals surface area contributed by atoms with Crippen molar-refractivity contribution in [2.24, 2.45) is 0 Å². The van der Waals surface area contributed by atoms with Crippen LogP contribution < -0.4 is 5.32 Å². The summed E-state index contributed by atoms with van der Waals surface area (Å²) < 4.78 is 0. The predicted octanol–water partition coefficient (Wildman–Crippen LogP) is 1.56. The van der Waals surface area contributed by atoms with Crippen molar-refractivity contribution >= 4 is 0 Å². The van der Waals surface area contributed by atoms with E-state index in [9.17, 15) is 0 Å². The standard InChI is InChI=1S/C8H15N/c1-2-3-8-4-6-9-7-5-8/h9H,1-7H2/q+1. The van der Waals surface area contributed by atoms with Gasteiger partial charge >= 0.3 is 0 Å². The lowest BCUT2D eigenvalue weighted by atomic mass is 9.94. The number of nitrogens with one attached hydrogen (secondary N) is 1. The van der Waals surface area contributed by atoms with E-state index in [2.05, 4.69) is 12.2 Å². The fourth-order valence-electron chi connectivity index (χ4n) is 1.28. The minimum atomic E-state index is 1.08. The van der Waals surface area contributed by atoms with Gasteiger partial charge < -0.3 is 5.32 Å². The van der Waals surface area contributed by atoms with Crippen LogP contribution in [0.4, 0.5) is 0 Å². The zero-order valence-corrected chi connectivity index (χ0v) is 5.95. The molecule has 0 bridgehead atoms. The average molecular weight is 125 g/mol. The highest BCUT2D eigenvalue weighted by molar-refractivity contribution is 4.93. The van der Waals surface area contributed by atoms with E-state index < -0.39 is 0 Å². The van der Waals surface area contributed by atoms with Crippen LogP contribution in [0.2, 0.25) is 0 Å². The van der Waals surface area contributed by atoms with Gasteiger partial charge in [-0.05, 0) is 38.3 Å². The lowest BCUT2D eigenvalue weighted by Gasteiger charge is -2.19. The maximum Gasteiger partial charge on any atom is 0.0856 e. The van der Waals surface area contributed by atoms with Crippen LogP contribution in [-0.4, -0.2) is 13.1 Å². The highest BCUT2D eigenvalue weighted by Crippen LogP contribution is 2.19. The van der Waals surface area contributed by atoms with Gasteiger partial charge in [0.25, 0.3) is 0 Å². The fraction of sp³-hybridized carbons (Fsp3) is 0.750. The van der Waals surface area contributed by atoms with E-state index in [1.54, 1.807) is 5.92 Å². The van der Waals surface area contributed by atoms with Crippen molar-refractivity contribution in [2.45, 2.75) is 25.7 Å². The molecule has 9 heavy (non-hydrogen) atoms. The Morgan fingerprint density at radius 1 is 1.33 bits per heavy atom. The van der Waals surface area contributed by atoms with E-state index in [0.29, 0.717) is 0 Å². The summed E-state index contributed by atoms with van der Waals surface area (Å²) in [5, 5.41) is 3.33. The highest BCUT2D eigenvalue weighted by atomic mass is 14.9. The summed E-state index contributed by atoms with van der Waals surface area (Å²) in [6.45, 7) is 6.22. The Hall–Kier alpha value is -0.170. The van der Waals surface area contributed by atoms with Crippen molar-refractivity contribution in [3.8, 4) is 0 Å². The molecule has 0 atom stereocenters. The minimum Gasteiger partial charge on any atom is -0.317 e. The van der Waals surface area contributed by atoms with Gasteiger partial charge in [-0.3, -0.25) is 0 Å². The molecule has 0 spiro atoms. The summed E-state index contributed by atoms with van der Waals surface area (Å²) >= 11 is 0. The smallest absolute Gasteiger partial charge is 0.0856 e. The van der Waals surface area contributed by atoms with E-state index in [0.717, 1.165) is 6.42 Å². The topological polar surface area (TPSA) is 12.0 Å². The lowest BCUT2D eigenvalue weighted by molar-refractivity contribution is 0.521. The molecule has 1 saturated heterocycles. The third kappa shape index (κ3) is 2.27. The average Bonchev–Trinajstić information content (AvgIpc) is 1.91. The fourth-order valence-corrected chi connectivity index (χ4v) is 1.28. The van der Waals surface area contributed by atoms with Gasteiger partial charge in [-0.1, -0.05) is 0 Å². The van der Waals surface area contributed by atoms with Gasteiger partial charge in [0, 0.05) is 0 Å². The molecule has 1 nitrogen and oxygen atoms in total. The molecule has 1 radical (unpaired) electrons. The first-order valence-corrected chi connectivity index (χ1v) is 3.77. The maximum atomic E-state index is 3.84. The van der Waals surface area contributed by atoms with E-state index >= 15 is 0 Å². The number of rotatable bonds is 2. The van der Waals surface area contributed by atoms with Crippen LogP contribution in [0, 0.1) is 12.8 Å². The van der Waals surface area contributed by atoms with Gasteiger partial charge in [0.2, 0.25) is 0 Å². The molecule has 0 unspecified atom stereocenters. The van der Waals surface area contributed by atoms with Crippen LogP contribution in [-0.2, 0) is 0 Å². The molecule has 51 valence electrons. The molecule has 1 heteroatoms. The lowest BCUT2D eigenvalue weighted by Crippen LogP contribution is -2.26. The van der Waals surface area contributed by atoms with Gasteiger partial charge in [0.05, 0.1) is 13.3 Å². The molecule has 1 N–H and O–H groups in total. The van der Waals surface area contributed by atoms with E-state index in [-0.39, 0.29) is 0 Å². The molecule has 0 aliphatic carbocycles. The van der Waals surface area contributed by atoms with Gasteiger partial charge in [0.15, 0.2) is 0 Å². The molecule has 0 aromatic heterocycles. The molecule has 0 aromatic rings. The van der Waals surface area contributed by atoms with Crippen LogP contribution in [0.3, 0.4) is 0 Å². The molecular formula is C8H15N+. The predicted molar refractivity (Wildman–Crippen MR) is 39.9 cm³/mol. The second-order valence-electron chi connectivity index (χ2n) is 2.60. The first kappa shape index (κ1) is 6.94. The quantitative estimate of drug-likeness (QED) is 0.552. The third-order valence-corrected chi connectivity index (χ3v) is 1.84. The van der Waals surface area contributed by atoms with Crippen LogP contribution in [0.15, 0.2) is 0 Å². The van der Waals surface area contributed by atoms with Crippen molar-refractivity contribution in [3.63, 3.8) is 0 Å². The Kier molecular flexibility index (Phi) is 2.92. The molecule has 1 fully saturated rings. The summed E-state index contributed by atoms with van der Waals surface area (Å²) in [7, 11) is 0. The van der Waals surface area contributed by atoms with Crippen molar-refractivity contribution in [3.05, 3.63) is 12.8 Å². The van der Waals surface area contributed by atoms with Crippen molar-refractivity contribution < 1.29 is 0 Å². The largest absolute Gasteiger partial charge is 0.317 e. The Bertz CT molecular complexity index is 62.2. The Morgan fingerprint density at radius 3 is 2.56 bits per heavy atom. The number of piperidine rings is 1. The maximum absolute atomic E-state index is 3.84. The van der Waals surface area contributed by atoms with Gasteiger partial charge in [-0.15, -0.1) is 0 Å². The molecule has 1 heterocycles. The first-order chi connectivity index (χ1) is 4.43. The second-order valence-corrected chi connectivity index (χ2v) is 2.60. The van der Waals surface area contributed by atoms with Crippen molar-refractivity contribution in [1.82, 2.24) is 5.32 Å². The summed E-state index contributed by atoms with van der Waals surface area (Å²) in [6.07, 6.45) is 4.90. The van der Waals surface area contributed by atoms with Gasteiger partial charge in [0.1, 0.15) is 0 Å². The Morgan fingerprint density at radius 2 is 2.00 bits per heavy atom. The third-order valence-electron chi connectivity index (χ3n) is 1.84. The van der Waals surface area contributed by atoms with Gasteiger partial charge in [-0.25, -0.2) is 0 Å². The van der Waals surface area contributed by atoms with E-state index in [1.165, 1.54) is 32.4 Å². The number of hydrogen-bond acceptors (Lipinski definition) is 1. The van der Waals surface area contributed by atoms with Crippen molar-refractivity contribution in [2.75, 3.05) is 13.1 Å². The molecule has 1 rings (SSSR count). The summed E-state index contributed by atoms with van der Waals surface area (Å²) in [4.78, 5) is 0. The SMILES string of the molecule is [CH2+]CC[C]1CCNCC1. The monoisotopic (exact) mass is 125 g/mol. The second kappa shape index (κ2) is 3.78. The summed E-state index contributed by atoms with van der Waals surface area (Å²) in [5.74, 6) is 1.71. The minimum absolute atomic E-state index is 1.08. The van der Waals surface area contributed by atoms with E-state index in [4.69, 9.17) is 0 Å². The zero-order chi connectivity index (χ0) is 6.53. The summed E-state index contributed by atoms with van der Waals surface area (Å²) in [5.41, 5.74) is 0. The molecule has 0 amide bonds. The van der Waals surface area contributed by atoms with Crippen LogP contribution in [0.1, 0.15) is 25.7 Å². The molecule has 1 aliphatic heterocycles. The zero-order valence-electron chi connectivity index (χ0n) is 5.95. The van der Waals surface area contributed by atoms with Gasteiger partial charge in [-0.2, -0.15) is 0 Å². The molecule has 0 saturated carbocycles. The van der Waals surface area contributed by atoms with Crippen LogP contribution in [0.25, 0.3) is 0 Å². The molecular weight excluding hydrogens is 110 g/mol. The molecule has 0 aromatic carbocycles. The van der Waals surface area contributed by atoms with E-state index in [1.807, 2.05) is 0 Å². The Labute approximate surface area is 57.8 Å². The highest BCUT2D eigenvalue weighted by Gasteiger charge is 2.12. The number of hydrogen-bond donors (Lipinski definition) is 1. The molecule has 1 aliphatic rings.